The molecule has 2 aromatic rings. The van der Waals surface area contributed by atoms with Crippen molar-refractivity contribution in [3.05, 3.63) is 59.7 Å². The topological polar surface area (TPSA) is 105 Å². The van der Waals surface area contributed by atoms with Crippen LogP contribution in [0.25, 0.3) is 11.1 Å². The average Bonchev–Trinajstić information content (AvgIpc) is 3.12. The lowest BCUT2D eigenvalue weighted by Crippen LogP contribution is -2.57. The number of aliphatic carboxylic acids is 1. The second-order valence-electron chi connectivity index (χ2n) is 9.05. The summed E-state index contributed by atoms with van der Waals surface area (Å²) in [5, 5.41) is 14.9. The van der Waals surface area contributed by atoms with E-state index in [4.69, 9.17) is 4.74 Å². The van der Waals surface area contributed by atoms with E-state index in [-0.39, 0.29) is 19.1 Å². The van der Waals surface area contributed by atoms with E-state index < -0.39 is 28.9 Å². The van der Waals surface area contributed by atoms with Crippen LogP contribution in [0.5, 0.6) is 0 Å². The fourth-order valence-electron chi connectivity index (χ4n) is 4.29. The van der Waals surface area contributed by atoms with Gasteiger partial charge in [0, 0.05) is 12.5 Å². The number of ether oxygens (including phenoxy) is 1. The van der Waals surface area contributed by atoms with Gasteiger partial charge in [0.05, 0.1) is 5.41 Å². The zero-order valence-corrected chi connectivity index (χ0v) is 19.6. The number of benzene rings is 2. The molecule has 0 aliphatic heterocycles. The van der Waals surface area contributed by atoms with E-state index in [1.807, 2.05) is 36.4 Å². The minimum atomic E-state index is -1.27. The first-order chi connectivity index (χ1) is 15.6. The van der Waals surface area contributed by atoms with E-state index in [0.29, 0.717) is 12.8 Å². The zero-order valence-electron chi connectivity index (χ0n) is 19.6. The summed E-state index contributed by atoms with van der Waals surface area (Å²) in [7, 11) is 0. The molecule has 2 amide bonds. The second kappa shape index (κ2) is 9.65. The number of rotatable bonds is 9. The maximum Gasteiger partial charge on any atom is 0.408 e. The van der Waals surface area contributed by atoms with E-state index in [1.165, 1.54) is 0 Å². The van der Waals surface area contributed by atoms with Crippen LogP contribution in [0.4, 0.5) is 4.79 Å². The third-order valence-electron chi connectivity index (χ3n) is 6.72. The molecule has 0 fully saturated rings. The highest BCUT2D eigenvalue weighted by molar-refractivity contribution is 5.89. The van der Waals surface area contributed by atoms with Gasteiger partial charge in [-0.3, -0.25) is 9.59 Å². The molecule has 0 spiro atoms. The van der Waals surface area contributed by atoms with Crippen molar-refractivity contribution >= 4 is 18.0 Å². The van der Waals surface area contributed by atoms with Crippen LogP contribution in [0, 0.1) is 5.41 Å². The Labute approximate surface area is 194 Å². The van der Waals surface area contributed by atoms with Gasteiger partial charge in [-0.1, -0.05) is 62.4 Å². The van der Waals surface area contributed by atoms with Crippen molar-refractivity contribution in [1.82, 2.24) is 10.6 Å². The number of nitrogens with one attached hydrogen (secondary N) is 2. The van der Waals surface area contributed by atoms with Gasteiger partial charge in [0.25, 0.3) is 0 Å². The summed E-state index contributed by atoms with van der Waals surface area (Å²) in [6.07, 6.45) is 0.0751. The fraction of sp³-hybridized carbons (Fsp3) is 0.423. The van der Waals surface area contributed by atoms with E-state index in [9.17, 15) is 19.5 Å². The number of amides is 2. The van der Waals surface area contributed by atoms with Crippen LogP contribution < -0.4 is 10.6 Å². The summed E-state index contributed by atoms with van der Waals surface area (Å²) < 4.78 is 5.53. The van der Waals surface area contributed by atoms with E-state index >= 15 is 0 Å². The van der Waals surface area contributed by atoms with Gasteiger partial charge in [-0.2, -0.15) is 0 Å². The third kappa shape index (κ3) is 4.87. The monoisotopic (exact) mass is 452 g/mol. The Bertz CT molecular complexity index is 997. The molecule has 0 bridgehead atoms. The quantitative estimate of drug-likeness (QED) is 0.526. The molecule has 33 heavy (non-hydrogen) atoms. The van der Waals surface area contributed by atoms with Gasteiger partial charge in [-0.05, 0) is 48.9 Å². The minimum Gasteiger partial charge on any atom is -0.481 e. The number of carboxylic acid groups (broad SMARTS) is 1. The number of carbonyl (C=O) groups excluding carboxylic acids is 2. The van der Waals surface area contributed by atoms with Crippen molar-refractivity contribution in [2.45, 2.75) is 52.0 Å². The lowest BCUT2D eigenvalue weighted by molar-refractivity contribution is -0.149. The molecule has 0 atom stereocenters. The van der Waals surface area contributed by atoms with Crippen molar-refractivity contribution in [3.8, 4) is 11.1 Å². The Kier molecular flexibility index (Phi) is 7.10. The fourth-order valence-corrected chi connectivity index (χ4v) is 4.29. The van der Waals surface area contributed by atoms with Crippen molar-refractivity contribution < 1.29 is 24.2 Å². The number of fused-ring (bicyclic) bond motifs is 3. The van der Waals surface area contributed by atoms with Crippen LogP contribution in [-0.4, -0.2) is 41.8 Å². The van der Waals surface area contributed by atoms with Gasteiger partial charge >= 0.3 is 12.1 Å². The Balaban J connectivity index is 1.61. The molecule has 0 aromatic heterocycles. The lowest BCUT2D eigenvalue weighted by Gasteiger charge is -2.30. The number of carbonyl (C=O) groups is 3. The number of hydrogen-bond donors (Lipinski definition) is 3. The maximum atomic E-state index is 12.7. The maximum absolute atomic E-state index is 12.7. The Morgan fingerprint density at radius 2 is 1.45 bits per heavy atom. The van der Waals surface area contributed by atoms with Gasteiger partial charge in [0.1, 0.15) is 12.1 Å². The van der Waals surface area contributed by atoms with Gasteiger partial charge < -0.3 is 20.5 Å². The SMILES string of the molecule is CCC(CC)(CNC(=O)C(C)(C)NC(=O)OCC1c2ccccc2-c2ccccc21)C(=O)O. The third-order valence-corrected chi connectivity index (χ3v) is 6.72. The smallest absolute Gasteiger partial charge is 0.408 e. The molecule has 176 valence electrons. The van der Waals surface area contributed by atoms with Gasteiger partial charge in [0.2, 0.25) is 5.91 Å². The highest BCUT2D eigenvalue weighted by atomic mass is 16.5. The standard InChI is InChI=1S/C26H32N2O5/c1-5-26(6-2,23(30)31)16-27-22(29)25(3,4)28-24(32)33-15-21-19-13-9-7-11-17(19)18-12-8-10-14-20(18)21/h7-14,21H,5-6,15-16H2,1-4H3,(H,27,29)(H,28,32)(H,30,31). The van der Waals surface area contributed by atoms with Crippen LogP contribution in [0.15, 0.2) is 48.5 Å². The van der Waals surface area contributed by atoms with Crippen LogP contribution in [-0.2, 0) is 14.3 Å². The lowest BCUT2D eigenvalue weighted by atomic mass is 9.82. The molecular formula is C26H32N2O5. The van der Waals surface area contributed by atoms with Gasteiger partial charge in [-0.25, -0.2) is 4.79 Å². The van der Waals surface area contributed by atoms with Crippen molar-refractivity contribution in [1.29, 1.82) is 0 Å². The molecule has 7 heteroatoms. The van der Waals surface area contributed by atoms with Crippen LogP contribution in [0.1, 0.15) is 57.6 Å². The predicted octanol–water partition coefficient (Wildman–Crippen LogP) is 4.31. The molecule has 0 saturated carbocycles. The number of hydrogen-bond acceptors (Lipinski definition) is 4. The van der Waals surface area contributed by atoms with Crippen molar-refractivity contribution in [3.63, 3.8) is 0 Å². The van der Waals surface area contributed by atoms with E-state index in [1.54, 1.807) is 27.7 Å². The molecule has 2 aromatic carbocycles. The van der Waals surface area contributed by atoms with Crippen LogP contribution >= 0.6 is 0 Å². The molecule has 7 nitrogen and oxygen atoms in total. The molecule has 3 rings (SSSR count). The highest BCUT2D eigenvalue weighted by Gasteiger charge is 2.38. The Morgan fingerprint density at radius 3 is 1.94 bits per heavy atom. The summed E-state index contributed by atoms with van der Waals surface area (Å²) in [5.74, 6) is -1.50. The average molecular weight is 453 g/mol. The first-order valence-electron chi connectivity index (χ1n) is 11.3. The summed E-state index contributed by atoms with van der Waals surface area (Å²) in [5.41, 5.74) is 2.18. The number of carboxylic acids is 1. The second-order valence-corrected chi connectivity index (χ2v) is 9.05. The van der Waals surface area contributed by atoms with E-state index in [0.717, 1.165) is 22.3 Å². The summed E-state index contributed by atoms with van der Waals surface area (Å²) in [6.45, 7) is 6.82. The largest absolute Gasteiger partial charge is 0.481 e. The zero-order chi connectivity index (χ0) is 24.2. The molecule has 1 aliphatic rings. The minimum absolute atomic E-state index is 0.00995. The van der Waals surface area contributed by atoms with Gasteiger partial charge in [-0.15, -0.1) is 0 Å². The van der Waals surface area contributed by atoms with Crippen molar-refractivity contribution in [2.75, 3.05) is 13.2 Å². The number of alkyl carbamates (subject to hydrolysis) is 1. The van der Waals surface area contributed by atoms with Gasteiger partial charge in [0.15, 0.2) is 0 Å². The molecule has 1 aliphatic carbocycles. The highest BCUT2D eigenvalue weighted by Crippen LogP contribution is 2.44. The summed E-state index contributed by atoms with van der Waals surface area (Å²) in [4.78, 5) is 36.9. The summed E-state index contributed by atoms with van der Waals surface area (Å²) >= 11 is 0. The molecular weight excluding hydrogens is 420 g/mol. The van der Waals surface area contributed by atoms with Crippen molar-refractivity contribution in [2.24, 2.45) is 5.41 Å². The first-order valence-corrected chi connectivity index (χ1v) is 11.3. The van der Waals surface area contributed by atoms with E-state index in [2.05, 4.69) is 22.8 Å². The predicted molar refractivity (Wildman–Crippen MR) is 126 cm³/mol. The molecule has 0 unspecified atom stereocenters. The Hall–Kier alpha value is -3.35. The molecule has 0 heterocycles. The first kappa shape index (κ1) is 24.3. The van der Waals surface area contributed by atoms with Crippen LogP contribution in [0.3, 0.4) is 0 Å². The normalized spacial score (nSPS) is 13.1. The molecule has 0 saturated heterocycles. The van der Waals surface area contributed by atoms with Crippen LogP contribution in [0.2, 0.25) is 0 Å². The Morgan fingerprint density at radius 1 is 0.939 bits per heavy atom. The molecule has 0 radical (unpaired) electrons. The summed E-state index contributed by atoms with van der Waals surface area (Å²) in [6, 6.07) is 16.1. The molecule has 3 N–H and O–H groups in total.